The lowest BCUT2D eigenvalue weighted by Gasteiger charge is -2.05. The van der Waals surface area contributed by atoms with Crippen molar-refractivity contribution in [2.75, 3.05) is 5.32 Å². The van der Waals surface area contributed by atoms with Crippen LogP contribution in [0.5, 0.6) is 5.75 Å². The van der Waals surface area contributed by atoms with Crippen molar-refractivity contribution >= 4 is 11.7 Å². The zero-order valence-corrected chi connectivity index (χ0v) is 8.71. The second-order valence-corrected chi connectivity index (χ2v) is 3.34. The zero-order chi connectivity index (χ0) is 11.5. The summed E-state index contributed by atoms with van der Waals surface area (Å²) >= 11 is 0. The molecule has 0 radical (unpaired) electrons. The fourth-order valence-corrected chi connectivity index (χ4v) is 1.33. The average molecular weight is 217 g/mol. The Bertz CT molecular complexity index is 519. The molecule has 82 valence electrons. The van der Waals surface area contributed by atoms with E-state index in [2.05, 4.69) is 10.4 Å². The van der Waals surface area contributed by atoms with Crippen LogP contribution in [0.3, 0.4) is 0 Å². The molecule has 5 heteroatoms. The highest BCUT2D eigenvalue weighted by Gasteiger charge is 2.08. The maximum Gasteiger partial charge on any atom is 0.256 e. The number of hydrogen-bond acceptors (Lipinski definition) is 3. The van der Waals surface area contributed by atoms with Crippen molar-refractivity contribution in [3.05, 3.63) is 42.1 Å². The van der Waals surface area contributed by atoms with Gasteiger partial charge in [0.15, 0.2) is 0 Å². The first-order valence-corrected chi connectivity index (χ1v) is 4.75. The summed E-state index contributed by atoms with van der Waals surface area (Å²) in [5, 5.41) is 15.9. The maximum absolute atomic E-state index is 11.8. The van der Waals surface area contributed by atoms with Gasteiger partial charge in [-0.1, -0.05) is 6.07 Å². The molecule has 1 aromatic carbocycles. The molecule has 0 saturated heterocycles. The lowest BCUT2D eigenvalue weighted by molar-refractivity contribution is 0.102. The second-order valence-electron chi connectivity index (χ2n) is 3.34. The summed E-state index contributed by atoms with van der Waals surface area (Å²) in [4.78, 5) is 11.8. The van der Waals surface area contributed by atoms with E-state index in [0.717, 1.165) is 0 Å². The summed E-state index contributed by atoms with van der Waals surface area (Å²) < 4.78 is 1.56. The van der Waals surface area contributed by atoms with Gasteiger partial charge in [0.1, 0.15) is 11.6 Å². The van der Waals surface area contributed by atoms with Crippen LogP contribution in [0.2, 0.25) is 0 Å². The Morgan fingerprint density at radius 3 is 2.88 bits per heavy atom. The monoisotopic (exact) mass is 217 g/mol. The third-order valence-corrected chi connectivity index (χ3v) is 2.17. The van der Waals surface area contributed by atoms with E-state index in [1.165, 1.54) is 12.1 Å². The van der Waals surface area contributed by atoms with Crippen LogP contribution in [0.4, 0.5) is 5.82 Å². The number of anilines is 1. The van der Waals surface area contributed by atoms with E-state index in [-0.39, 0.29) is 11.7 Å². The van der Waals surface area contributed by atoms with Gasteiger partial charge in [-0.2, -0.15) is 5.10 Å². The molecular weight excluding hydrogens is 206 g/mol. The number of carbonyl (C=O) groups excluding carboxylic acids is 1. The van der Waals surface area contributed by atoms with Gasteiger partial charge in [0.2, 0.25) is 0 Å². The Morgan fingerprint density at radius 2 is 2.25 bits per heavy atom. The molecule has 0 aliphatic heterocycles. The van der Waals surface area contributed by atoms with Gasteiger partial charge >= 0.3 is 0 Å². The Kier molecular flexibility index (Phi) is 2.59. The summed E-state index contributed by atoms with van der Waals surface area (Å²) in [5.74, 6) is 0.394. The first-order valence-electron chi connectivity index (χ1n) is 4.75. The first-order chi connectivity index (χ1) is 7.66. The quantitative estimate of drug-likeness (QED) is 0.798. The Morgan fingerprint density at radius 1 is 1.44 bits per heavy atom. The Labute approximate surface area is 92.3 Å². The van der Waals surface area contributed by atoms with Gasteiger partial charge in [-0.15, -0.1) is 0 Å². The van der Waals surface area contributed by atoms with Crippen LogP contribution >= 0.6 is 0 Å². The predicted octanol–water partition coefficient (Wildman–Crippen LogP) is 1.38. The van der Waals surface area contributed by atoms with Crippen molar-refractivity contribution in [1.29, 1.82) is 0 Å². The number of aryl methyl sites for hydroxylation is 1. The number of aromatic hydroxyl groups is 1. The number of phenols is 1. The van der Waals surface area contributed by atoms with Crippen molar-refractivity contribution in [3.63, 3.8) is 0 Å². The van der Waals surface area contributed by atoms with Gasteiger partial charge in [-0.3, -0.25) is 9.48 Å². The molecule has 0 aliphatic rings. The molecule has 0 spiro atoms. The Balaban J connectivity index is 2.18. The van der Waals surface area contributed by atoms with Crippen molar-refractivity contribution in [2.24, 2.45) is 7.05 Å². The summed E-state index contributed by atoms with van der Waals surface area (Å²) in [6.45, 7) is 0. The summed E-state index contributed by atoms with van der Waals surface area (Å²) in [5.41, 5.74) is 0.404. The normalized spacial score (nSPS) is 10.1. The third kappa shape index (κ3) is 2.03. The highest BCUT2D eigenvalue weighted by molar-refractivity contribution is 6.04. The molecule has 0 atom stereocenters. The van der Waals surface area contributed by atoms with Crippen molar-refractivity contribution in [2.45, 2.75) is 0 Å². The molecule has 2 aromatic rings. The average Bonchev–Trinajstić information content (AvgIpc) is 2.64. The molecule has 0 unspecified atom stereocenters. The molecule has 1 aromatic heterocycles. The van der Waals surface area contributed by atoms with E-state index in [0.29, 0.717) is 11.4 Å². The number of rotatable bonds is 2. The number of nitrogens with zero attached hydrogens (tertiary/aromatic N) is 2. The van der Waals surface area contributed by atoms with Crippen LogP contribution in [0.25, 0.3) is 0 Å². The molecule has 0 aliphatic carbocycles. The maximum atomic E-state index is 11.8. The first kappa shape index (κ1) is 10.2. The van der Waals surface area contributed by atoms with Crippen LogP contribution in [0, 0.1) is 0 Å². The van der Waals surface area contributed by atoms with Gasteiger partial charge in [-0.25, -0.2) is 0 Å². The third-order valence-electron chi connectivity index (χ3n) is 2.17. The Hall–Kier alpha value is -2.30. The van der Waals surface area contributed by atoms with Crippen molar-refractivity contribution in [3.8, 4) is 5.75 Å². The molecule has 5 nitrogen and oxygen atoms in total. The number of hydrogen-bond donors (Lipinski definition) is 2. The summed E-state index contributed by atoms with van der Waals surface area (Å²) in [6, 6.07) is 7.87. The van der Waals surface area contributed by atoms with Crippen LogP contribution in [-0.4, -0.2) is 20.8 Å². The minimum absolute atomic E-state index is 0.0673. The van der Waals surface area contributed by atoms with Crippen LogP contribution in [0.15, 0.2) is 36.5 Å². The summed E-state index contributed by atoms with van der Waals surface area (Å²) in [7, 11) is 1.73. The van der Waals surface area contributed by atoms with Crippen LogP contribution in [0.1, 0.15) is 10.4 Å². The zero-order valence-electron chi connectivity index (χ0n) is 8.71. The molecule has 16 heavy (non-hydrogen) atoms. The van der Waals surface area contributed by atoms with Gasteiger partial charge in [-0.05, 0) is 18.2 Å². The molecule has 1 amide bonds. The molecule has 2 rings (SSSR count). The molecular formula is C11H11N3O2. The smallest absolute Gasteiger partial charge is 0.256 e. The van der Waals surface area contributed by atoms with E-state index in [9.17, 15) is 9.90 Å². The number of phenolic OH excluding ortho intramolecular Hbond substituents is 1. The molecule has 0 saturated carbocycles. The largest absolute Gasteiger partial charge is 0.508 e. The molecule has 2 N–H and O–H groups in total. The summed E-state index contributed by atoms with van der Waals surface area (Å²) in [6.07, 6.45) is 1.60. The van der Waals surface area contributed by atoms with E-state index in [1.807, 2.05) is 0 Å². The topological polar surface area (TPSA) is 67.2 Å². The highest BCUT2D eigenvalue weighted by atomic mass is 16.3. The number of aromatic nitrogens is 2. The van der Waals surface area contributed by atoms with E-state index in [1.54, 1.807) is 36.1 Å². The predicted molar refractivity (Wildman–Crippen MR) is 59.3 cm³/mol. The van der Waals surface area contributed by atoms with Crippen molar-refractivity contribution < 1.29 is 9.90 Å². The lowest BCUT2D eigenvalue weighted by Crippen LogP contribution is -2.14. The second kappa shape index (κ2) is 4.06. The lowest BCUT2D eigenvalue weighted by atomic mass is 10.2. The number of nitrogens with one attached hydrogen (secondary N) is 1. The molecule has 0 fully saturated rings. The highest BCUT2D eigenvalue weighted by Crippen LogP contribution is 2.13. The fraction of sp³-hybridized carbons (Fsp3) is 0.0909. The SMILES string of the molecule is Cn1nccc1NC(=O)c1cccc(O)c1. The minimum atomic E-state index is -0.278. The van der Waals surface area contributed by atoms with Crippen LogP contribution in [-0.2, 0) is 7.05 Å². The van der Waals surface area contributed by atoms with Gasteiger partial charge < -0.3 is 10.4 Å². The van der Waals surface area contributed by atoms with E-state index in [4.69, 9.17) is 0 Å². The number of amides is 1. The van der Waals surface area contributed by atoms with E-state index >= 15 is 0 Å². The minimum Gasteiger partial charge on any atom is -0.508 e. The molecule has 1 heterocycles. The molecule has 0 bridgehead atoms. The number of carbonyl (C=O) groups is 1. The van der Waals surface area contributed by atoms with Crippen molar-refractivity contribution in [1.82, 2.24) is 9.78 Å². The number of benzene rings is 1. The fourth-order valence-electron chi connectivity index (χ4n) is 1.33. The van der Waals surface area contributed by atoms with Gasteiger partial charge in [0, 0.05) is 18.7 Å². The standard InChI is InChI=1S/C11H11N3O2/c1-14-10(5-6-12-14)13-11(16)8-3-2-4-9(15)7-8/h2-7,15H,1H3,(H,13,16). The van der Waals surface area contributed by atoms with Crippen LogP contribution < -0.4 is 5.32 Å². The van der Waals surface area contributed by atoms with E-state index < -0.39 is 0 Å². The van der Waals surface area contributed by atoms with Gasteiger partial charge in [0.25, 0.3) is 5.91 Å². The van der Waals surface area contributed by atoms with Gasteiger partial charge in [0.05, 0.1) is 6.20 Å².